The van der Waals surface area contributed by atoms with Crippen LogP contribution < -0.4 is 5.73 Å². The topological polar surface area (TPSA) is 46.2 Å². The molecule has 94 valence electrons. The number of nitrogens with two attached hydrogens (primary N) is 1. The van der Waals surface area contributed by atoms with Gasteiger partial charge in [0.05, 0.1) is 6.10 Å². The van der Waals surface area contributed by atoms with Crippen LogP contribution in [0.15, 0.2) is 24.3 Å². The van der Waals surface area contributed by atoms with Crippen LogP contribution in [0.3, 0.4) is 0 Å². The molecule has 0 fully saturated rings. The zero-order valence-electron chi connectivity index (χ0n) is 10.8. The molecule has 1 aromatic rings. The molecule has 2 rings (SSSR count). The first-order valence-electron chi connectivity index (χ1n) is 6.52. The van der Waals surface area contributed by atoms with Gasteiger partial charge in [-0.1, -0.05) is 38.1 Å². The van der Waals surface area contributed by atoms with Crippen LogP contribution in [0.1, 0.15) is 31.4 Å². The molecule has 1 aliphatic rings. The molecule has 0 heterocycles. The molecule has 1 aliphatic carbocycles. The minimum Gasteiger partial charge on any atom is -0.392 e. The third kappa shape index (κ3) is 2.38. The molecule has 1 atom stereocenters. The number of hydrogen-bond acceptors (Lipinski definition) is 2. The Balaban J connectivity index is 2.19. The molecule has 0 radical (unpaired) electrons. The Morgan fingerprint density at radius 1 is 1.24 bits per heavy atom. The first-order chi connectivity index (χ1) is 8.07. The fraction of sp³-hybridized carbons (Fsp3) is 0.600. The second kappa shape index (κ2) is 4.79. The molecule has 17 heavy (non-hydrogen) atoms. The lowest BCUT2D eigenvalue weighted by atomic mass is 9.76. The van der Waals surface area contributed by atoms with Crippen LogP contribution in [0.25, 0.3) is 0 Å². The zero-order chi connectivity index (χ0) is 12.5. The van der Waals surface area contributed by atoms with Crippen LogP contribution in [0.2, 0.25) is 0 Å². The van der Waals surface area contributed by atoms with E-state index in [4.69, 9.17) is 5.73 Å². The Kier molecular flexibility index (Phi) is 3.55. The minimum atomic E-state index is -0.292. The lowest BCUT2D eigenvalue weighted by Gasteiger charge is -2.34. The third-order valence-electron chi connectivity index (χ3n) is 4.01. The summed E-state index contributed by atoms with van der Waals surface area (Å²) in [7, 11) is 0. The number of rotatable bonds is 4. The van der Waals surface area contributed by atoms with Crippen LogP contribution in [0.4, 0.5) is 0 Å². The number of benzene rings is 1. The highest BCUT2D eigenvalue weighted by molar-refractivity contribution is 5.35. The lowest BCUT2D eigenvalue weighted by Crippen LogP contribution is -2.43. The van der Waals surface area contributed by atoms with E-state index in [1.807, 2.05) is 0 Å². The van der Waals surface area contributed by atoms with Crippen molar-refractivity contribution in [3.05, 3.63) is 35.4 Å². The van der Waals surface area contributed by atoms with Crippen LogP contribution in [-0.2, 0) is 12.8 Å². The molecule has 0 spiro atoms. The molecule has 0 aromatic heterocycles. The molecule has 1 aromatic carbocycles. The van der Waals surface area contributed by atoms with Gasteiger partial charge >= 0.3 is 0 Å². The normalized spacial score (nSPS) is 19.4. The summed E-state index contributed by atoms with van der Waals surface area (Å²) in [6.07, 6.45) is 2.40. The summed E-state index contributed by atoms with van der Waals surface area (Å²) in [5.41, 5.74) is 8.56. The molecule has 3 N–H and O–H groups in total. The summed E-state index contributed by atoms with van der Waals surface area (Å²) in [6, 6.07) is 8.46. The number of fused-ring (bicyclic) bond motifs is 1. The van der Waals surface area contributed by atoms with E-state index in [2.05, 4.69) is 38.1 Å². The molecule has 0 amide bonds. The van der Waals surface area contributed by atoms with Crippen molar-refractivity contribution in [3.63, 3.8) is 0 Å². The van der Waals surface area contributed by atoms with Crippen molar-refractivity contribution >= 4 is 0 Å². The monoisotopic (exact) mass is 233 g/mol. The Labute approximate surface area is 104 Å². The van der Waals surface area contributed by atoms with Gasteiger partial charge in [-0.05, 0) is 36.3 Å². The first kappa shape index (κ1) is 12.6. The van der Waals surface area contributed by atoms with E-state index < -0.39 is 0 Å². The quantitative estimate of drug-likeness (QED) is 0.837. The van der Waals surface area contributed by atoms with E-state index in [9.17, 15) is 5.11 Å². The first-order valence-corrected chi connectivity index (χ1v) is 6.52. The van der Waals surface area contributed by atoms with Gasteiger partial charge in [-0.15, -0.1) is 0 Å². The van der Waals surface area contributed by atoms with Gasteiger partial charge in [0, 0.05) is 12.0 Å². The predicted octanol–water partition coefficient (Wildman–Crippen LogP) is 2.14. The molecular formula is C15H23NO. The standard InChI is InChI=1S/C15H23NO/c1-11(2)7-14(17)15(10-16)8-12-5-3-4-6-13(12)9-15/h3-6,11,14,17H,7-10,16H2,1-2H3. The zero-order valence-corrected chi connectivity index (χ0v) is 10.8. The van der Waals surface area contributed by atoms with E-state index >= 15 is 0 Å². The third-order valence-corrected chi connectivity index (χ3v) is 4.01. The molecule has 0 bridgehead atoms. The van der Waals surface area contributed by atoms with Crippen LogP contribution in [0, 0.1) is 11.3 Å². The predicted molar refractivity (Wildman–Crippen MR) is 70.8 cm³/mol. The second-order valence-corrected chi connectivity index (χ2v) is 5.83. The Bertz CT molecular complexity index is 361. The SMILES string of the molecule is CC(C)CC(O)C1(CN)Cc2ccccc2C1. The molecule has 0 saturated heterocycles. The van der Waals surface area contributed by atoms with Gasteiger partial charge in [0.1, 0.15) is 0 Å². The summed E-state index contributed by atoms with van der Waals surface area (Å²) in [4.78, 5) is 0. The second-order valence-electron chi connectivity index (χ2n) is 5.83. The van der Waals surface area contributed by atoms with Gasteiger partial charge in [-0.3, -0.25) is 0 Å². The van der Waals surface area contributed by atoms with Crippen molar-refractivity contribution in [2.75, 3.05) is 6.54 Å². The number of aliphatic hydroxyl groups is 1. The Hall–Kier alpha value is -0.860. The largest absolute Gasteiger partial charge is 0.392 e. The van der Waals surface area contributed by atoms with Crippen molar-refractivity contribution in [2.24, 2.45) is 17.1 Å². The van der Waals surface area contributed by atoms with Gasteiger partial charge in [-0.25, -0.2) is 0 Å². The number of aliphatic hydroxyl groups excluding tert-OH is 1. The van der Waals surface area contributed by atoms with Gasteiger partial charge in [0.2, 0.25) is 0 Å². The van der Waals surface area contributed by atoms with E-state index in [-0.39, 0.29) is 11.5 Å². The van der Waals surface area contributed by atoms with Crippen molar-refractivity contribution < 1.29 is 5.11 Å². The van der Waals surface area contributed by atoms with Gasteiger partial charge < -0.3 is 10.8 Å². The maximum Gasteiger partial charge on any atom is 0.0617 e. The average molecular weight is 233 g/mol. The fourth-order valence-electron chi connectivity index (χ4n) is 2.94. The molecule has 2 heteroatoms. The summed E-state index contributed by atoms with van der Waals surface area (Å²) < 4.78 is 0. The summed E-state index contributed by atoms with van der Waals surface area (Å²) >= 11 is 0. The maximum absolute atomic E-state index is 10.5. The molecule has 0 aliphatic heterocycles. The molecule has 0 saturated carbocycles. The van der Waals surface area contributed by atoms with E-state index in [1.54, 1.807) is 0 Å². The minimum absolute atomic E-state index is 0.131. The molecular weight excluding hydrogens is 210 g/mol. The van der Waals surface area contributed by atoms with Crippen LogP contribution in [0.5, 0.6) is 0 Å². The van der Waals surface area contributed by atoms with Crippen molar-refractivity contribution in [3.8, 4) is 0 Å². The van der Waals surface area contributed by atoms with E-state index in [1.165, 1.54) is 11.1 Å². The van der Waals surface area contributed by atoms with Crippen LogP contribution in [-0.4, -0.2) is 17.8 Å². The smallest absolute Gasteiger partial charge is 0.0617 e. The highest BCUT2D eigenvalue weighted by Gasteiger charge is 2.41. The van der Waals surface area contributed by atoms with Crippen molar-refractivity contribution in [1.82, 2.24) is 0 Å². The molecule has 1 unspecified atom stereocenters. The number of hydrogen-bond donors (Lipinski definition) is 2. The summed E-state index contributed by atoms with van der Waals surface area (Å²) in [5.74, 6) is 0.511. The summed E-state index contributed by atoms with van der Waals surface area (Å²) in [6.45, 7) is 4.86. The summed E-state index contributed by atoms with van der Waals surface area (Å²) in [5, 5.41) is 10.5. The Morgan fingerprint density at radius 3 is 2.18 bits per heavy atom. The molecule has 2 nitrogen and oxygen atoms in total. The fourth-order valence-corrected chi connectivity index (χ4v) is 2.94. The van der Waals surface area contributed by atoms with E-state index in [0.29, 0.717) is 12.5 Å². The highest BCUT2D eigenvalue weighted by Crippen LogP contribution is 2.40. The van der Waals surface area contributed by atoms with Gasteiger partial charge in [-0.2, -0.15) is 0 Å². The maximum atomic E-state index is 10.5. The van der Waals surface area contributed by atoms with Gasteiger partial charge in [0.25, 0.3) is 0 Å². The van der Waals surface area contributed by atoms with E-state index in [0.717, 1.165) is 19.3 Å². The lowest BCUT2D eigenvalue weighted by molar-refractivity contribution is 0.0212. The highest BCUT2D eigenvalue weighted by atomic mass is 16.3. The Morgan fingerprint density at radius 2 is 1.76 bits per heavy atom. The average Bonchev–Trinajstić information content (AvgIpc) is 2.67. The van der Waals surface area contributed by atoms with Crippen molar-refractivity contribution in [1.29, 1.82) is 0 Å². The van der Waals surface area contributed by atoms with Crippen molar-refractivity contribution in [2.45, 2.75) is 39.2 Å². The van der Waals surface area contributed by atoms with Gasteiger partial charge in [0.15, 0.2) is 0 Å². The van der Waals surface area contributed by atoms with Crippen LogP contribution >= 0.6 is 0 Å².